The van der Waals surface area contributed by atoms with E-state index in [1.165, 1.54) is 6.42 Å². The van der Waals surface area contributed by atoms with Gasteiger partial charge in [-0.15, -0.1) is 0 Å². The number of hydrogen-bond acceptors (Lipinski definition) is 5. The highest BCUT2D eigenvalue weighted by atomic mass is 32.1. The number of rotatable bonds is 4. The van der Waals surface area contributed by atoms with Crippen LogP contribution in [0.3, 0.4) is 0 Å². The van der Waals surface area contributed by atoms with Crippen molar-refractivity contribution in [3.05, 3.63) is 41.9 Å². The van der Waals surface area contributed by atoms with E-state index in [2.05, 4.69) is 44.3 Å². The average Bonchev–Trinajstić information content (AvgIpc) is 2.59. The van der Waals surface area contributed by atoms with E-state index in [1.807, 2.05) is 31.3 Å². The van der Waals surface area contributed by atoms with Gasteiger partial charge in [-0.2, -0.15) is 4.98 Å². The first kappa shape index (κ1) is 18.5. The zero-order chi connectivity index (χ0) is 18.5. The Morgan fingerprint density at radius 3 is 2.73 bits per heavy atom. The molecule has 3 heterocycles. The van der Waals surface area contributed by atoms with Crippen molar-refractivity contribution in [2.24, 2.45) is 11.8 Å². The molecule has 0 amide bonds. The maximum absolute atomic E-state index is 5.38. The smallest absolute Gasteiger partial charge is 0.231 e. The molecule has 2 aromatic heterocycles. The highest BCUT2D eigenvalue weighted by Gasteiger charge is 2.23. The number of aryl methyl sites for hydroxylation is 1. The largest absolute Gasteiger partial charge is 0.358 e. The van der Waals surface area contributed by atoms with Crippen molar-refractivity contribution in [2.45, 2.75) is 33.7 Å². The second-order valence-corrected chi connectivity index (χ2v) is 7.62. The Bertz CT molecular complexity index is 741. The summed E-state index contributed by atoms with van der Waals surface area (Å²) < 4.78 is 0. The Balaban J connectivity index is 1.64. The minimum absolute atomic E-state index is 0.505. The van der Waals surface area contributed by atoms with Crippen LogP contribution in [0.2, 0.25) is 0 Å². The number of nitrogens with zero attached hydrogens (tertiary/aromatic N) is 4. The van der Waals surface area contributed by atoms with Crippen LogP contribution in [0.5, 0.6) is 0 Å². The van der Waals surface area contributed by atoms with Crippen molar-refractivity contribution in [1.29, 1.82) is 0 Å². The fraction of sp³-hybridized carbons (Fsp3) is 0.474. The molecule has 2 unspecified atom stereocenters. The van der Waals surface area contributed by atoms with Crippen LogP contribution in [0.4, 0.5) is 11.8 Å². The van der Waals surface area contributed by atoms with Crippen LogP contribution in [0.15, 0.2) is 30.6 Å². The third-order valence-corrected chi connectivity index (χ3v) is 4.68. The van der Waals surface area contributed by atoms with E-state index in [1.54, 1.807) is 6.20 Å². The topological polar surface area (TPSA) is 66.0 Å². The Morgan fingerprint density at radius 1 is 1.27 bits per heavy atom. The summed E-state index contributed by atoms with van der Waals surface area (Å²) in [6.07, 6.45) is 4.84. The predicted molar refractivity (Wildman–Crippen MR) is 109 cm³/mol. The predicted octanol–water partition coefficient (Wildman–Crippen LogP) is 3.15. The summed E-state index contributed by atoms with van der Waals surface area (Å²) in [5.74, 6) is 2.85. The molecule has 6 nitrogen and oxygen atoms in total. The fourth-order valence-electron chi connectivity index (χ4n) is 3.45. The normalized spacial score (nSPS) is 19.9. The maximum Gasteiger partial charge on any atom is 0.231 e. The zero-order valence-corrected chi connectivity index (χ0v) is 16.4. The molecule has 1 fully saturated rings. The van der Waals surface area contributed by atoms with E-state index in [4.69, 9.17) is 12.2 Å². The van der Waals surface area contributed by atoms with E-state index in [0.29, 0.717) is 29.4 Å². The molecule has 0 spiro atoms. The summed E-state index contributed by atoms with van der Waals surface area (Å²) in [4.78, 5) is 15.6. The van der Waals surface area contributed by atoms with Gasteiger partial charge in [-0.1, -0.05) is 19.9 Å². The summed E-state index contributed by atoms with van der Waals surface area (Å²) in [5.41, 5.74) is 2.00. The standard InChI is InChI=1S/C19H26N6S/c1-13-7-14(2)12-25(11-13)17-8-15(3)22-18(23-17)24-19(26)21-10-16-5-4-6-20-9-16/h4-6,8-9,13-14H,7,10-12H2,1-3H3,(H2,21,22,23,24,26). The van der Waals surface area contributed by atoms with Gasteiger partial charge in [-0.25, -0.2) is 4.98 Å². The number of anilines is 2. The van der Waals surface area contributed by atoms with Crippen LogP contribution in [0.25, 0.3) is 0 Å². The number of pyridine rings is 1. The molecule has 1 aliphatic heterocycles. The molecular weight excluding hydrogens is 344 g/mol. The maximum atomic E-state index is 5.38. The number of nitrogens with one attached hydrogen (secondary N) is 2. The van der Waals surface area contributed by atoms with Crippen LogP contribution in [0, 0.1) is 18.8 Å². The highest BCUT2D eigenvalue weighted by Crippen LogP contribution is 2.25. The summed E-state index contributed by atoms with van der Waals surface area (Å²) >= 11 is 5.38. The third kappa shape index (κ3) is 5.11. The van der Waals surface area contributed by atoms with Crippen molar-refractivity contribution in [3.8, 4) is 0 Å². The Morgan fingerprint density at radius 2 is 2.04 bits per heavy atom. The van der Waals surface area contributed by atoms with Crippen molar-refractivity contribution in [3.63, 3.8) is 0 Å². The van der Waals surface area contributed by atoms with E-state index in [9.17, 15) is 0 Å². The first-order chi connectivity index (χ1) is 12.5. The van der Waals surface area contributed by atoms with Gasteiger partial charge in [0, 0.05) is 43.8 Å². The Labute approximate surface area is 160 Å². The summed E-state index contributed by atoms with van der Waals surface area (Å²) in [6.45, 7) is 9.26. The van der Waals surface area contributed by atoms with Gasteiger partial charge in [0.1, 0.15) is 5.82 Å². The lowest BCUT2D eigenvalue weighted by Crippen LogP contribution is -2.39. The van der Waals surface area contributed by atoms with E-state index in [-0.39, 0.29) is 0 Å². The fourth-order valence-corrected chi connectivity index (χ4v) is 3.61. The summed E-state index contributed by atoms with van der Waals surface area (Å²) in [6, 6.07) is 5.95. The number of thiocarbonyl (C=S) groups is 1. The molecule has 0 radical (unpaired) electrons. The van der Waals surface area contributed by atoms with Crippen LogP contribution in [-0.4, -0.2) is 33.2 Å². The monoisotopic (exact) mass is 370 g/mol. The second kappa shape index (κ2) is 8.40. The molecule has 0 aliphatic carbocycles. The molecule has 7 heteroatoms. The Kier molecular flexibility index (Phi) is 5.98. The minimum Gasteiger partial charge on any atom is -0.358 e. The van der Waals surface area contributed by atoms with Gasteiger partial charge >= 0.3 is 0 Å². The van der Waals surface area contributed by atoms with Crippen LogP contribution in [-0.2, 0) is 6.54 Å². The van der Waals surface area contributed by atoms with Crippen molar-refractivity contribution < 1.29 is 0 Å². The lowest BCUT2D eigenvalue weighted by Gasteiger charge is -2.36. The van der Waals surface area contributed by atoms with Crippen LogP contribution >= 0.6 is 12.2 Å². The number of aromatic nitrogens is 3. The average molecular weight is 371 g/mol. The number of piperidine rings is 1. The molecule has 0 saturated carbocycles. The van der Waals surface area contributed by atoms with E-state index in [0.717, 1.165) is 30.2 Å². The van der Waals surface area contributed by atoms with E-state index >= 15 is 0 Å². The SMILES string of the molecule is Cc1cc(N2CC(C)CC(C)C2)nc(NC(=S)NCc2cccnc2)n1. The van der Waals surface area contributed by atoms with Crippen molar-refractivity contribution in [2.75, 3.05) is 23.3 Å². The van der Waals surface area contributed by atoms with Crippen LogP contribution < -0.4 is 15.5 Å². The first-order valence-electron chi connectivity index (χ1n) is 9.04. The van der Waals surface area contributed by atoms with Crippen LogP contribution in [0.1, 0.15) is 31.5 Å². The lowest BCUT2D eigenvalue weighted by molar-refractivity contribution is 0.355. The van der Waals surface area contributed by atoms with E-state index < -0.39 is 0 Å². The molecule has 3 rings (SSSR count). The number of hydrogen-bond donors (Lipinski definition) is 2. The molecule has 0 aromatic carbocycles. The molecular formula is C19H26N6S. The highest BCUT2D eigenvalue weighted by molar-refractivity contribution is 7.80. The zero-order valence-electron chi connectivity index (χ0n) is 15.6. The van der Waals surface area contributed by atoms with Gasteiger partial charge in [0.2, 0.25) is 5.95 Å². The summed E-state index contributed by atoms with van der Waals surface area (Å²) in [5, 5.41) is 6.78. The molecule has 1 saturated heterocycles. The molecule has 2 aromatic rings. The molecule has 26 heavy (non-hydrogen) atoms. The third-order valence-electron chi connectivity index (χ3n) is 4.43. The van der Waals surface area contributed by atoms with Gasteiger partial charge in [0.15, 0.2) is 5.11 Å². The van der Waals surface area contributed by atoms with Gasteiger partial charge in [-0.3, -0.25) is 4.98 Å². The quantitative estimate of drug-likeness (QED) is 0.802. The molecule has 2 N–H and O–H groups in total. The van der Waals surface area contributed by atoms with Gasteiger partial charge in [0.05, 0.1) is 0 Å². The summed E-state index contributed by atoms with van der Waals surface area (Å²) in [7, 11) is 0. The van der Waals surface area contributed by atoms with Gasteiger partial charge < -0.3 is 15.5 Å². The van der Waals surface area contributed by atoms with Gasteiger partial charge in [0.25, 0.3) is 0 Å². The van der Waals surface area contributed by atoms with Crippen molar-refractivity contribution >= 4 is 29.1 Å². The Hall–Kier alpha value is -2.28. The minimum atomic E-state index is 0.505. The second-order valence-electron chi connectivity index (χ2n) is 7.21. The lowest BCUT2D eigenvalue weighted by atomic mass is 9.92. The molecule has 0 bridgehead atoms. The molecule has 2 atom stereocenters. The molecule has 138 valence electrons. The van der Waals surface area contributed by atoms with Gasteiger partial charge in [-0.05, 0) is 49.0 Å². The first-order valence-corrected chi connectivity index (χ1v) is 9.45. The molecule has 1 aliphatic rings. The van der Waals surface area contributed by atoms with Crippen molar-refractivity contribution in [1.82, 2.24) is 20.3 Å².